The Hall–Kier alpha value is -1.47. The molecule has 0 saturated carbocycles. The highest BCUT2D eigenvalue weighted by Crippen LogP contribution is 2.27. The van der Waals surface area contributed by atoms with Gasteiger partial charge in [-0.15, -0.1) is 0 Å². The maximum atomic E-state index is 12.7. The minimum absolute atomic E-state index is 0.115. The van der Waals surface area contributed by atoms with E-state index in [2.05, 4.69) is 5.32 Å². The van der Waals surface area contributed by atoms with Gasteiger partial charge in [-0.1, -0.05) is 0 Å². The molecule has 1 N–H and O–H groups in total. The number of piperazine rings is 1. The molecule has 2 atom stereocenters. The minimum Gasteiger partial charge on any atom is -0.339 e. The lowest BCUT2D eigenvalue weighted by Crippen LogP contribution is -2.55. The van der Waals surface area contributed by atoms with Gasteiger partial charge in [0.25, 0.3) is 0 Å². The normalized spacial score (nSPS) is 31.3. The third-order valence-corrected chi connectivity index (χ3v) is 4.77. The van der Waals surface area contributed by atoms with Crippen molar-refractivity contribution in [1.82, 2.24) is 20.0 Å². The number of rotatable bonds is 2. The van der Waals surface area contributed by atoms with Crippen LogP contribution in [0.15, 0.2) is 0 Å². The number of imide groups is 1. The highest BCUT2D eigenvalue weighted by molar-refractivity contribution is 6.05. The molecule has 0 aliphatic carbocycles. The number of likely N-dealkylation sites (tertiary alicyclic amines) is 2. The van der Waals surface area contributed by atoms with E-state index in [9.17, 15) is 14.4 Å². The zero-order valence-electron chi connectivity index (χ0n) is 12.4. The molecule has 0 aromatic carbocycles. The van der Waals surface area contributed by atoms with Crippen LogP contribution in [0.3, 0.4) is 0 Å². The molecule has 0 spiro atoms. The lowest BCUT2D eigenvalue weighted by molar-refractivity contribution is -0.140. The molecule has 0 radical (unpaired) electrons. The van der Waals surface area contributed by atoms with E-state index in [4.69, 9.17) is 0 Å². The maximum Gasteiger partial charge on any atom is 0.246 e. The molecule has 3 saturated heterocycles. The van der Waals surface area contributed by atoms with E-state index in [0.717, 1.165) is 45.6 Å². The molecular formula is C14H22N4O3. The molecule has 3 heterocycles. The van der Waals surface area contributed by atoms with E-state index in [1.807, 2.05) is 9.80 Å². The van der Waals surface area contributed by atoms with Crippen LogP contribution in [0.4, 0.5) is 0 Å². The molecule has 116 valence electrons. The molecule has 3 fully saturated rings. The van der Waals surface area contributed by atoms with E-state index in [-0.39, 0.29) is 30.2 Å². The predicted octanol–water partition coefficient (Wildman–Crippen LogP) is -1.36. The van der Waals surface area contributed by atoms with Crippen LogP contribution < -0.4 is 5.32 Å². The van der Waals surface area contributed by atoms with Crippen molar-refractivity contribution >= 4 is 17.7 Å². The number of amides is 3. The first-order valence-corrected chi connectivity index (χ1v) is 7.65. The van der Waals surface area contributed by atoms with Gasteiger partial charge in [0.05, 0.1) is 18.5 Å². The zero-order valence-corrected chi connectivity index (χ0v) is 12.4. The summed E-state index contributed by atoms with van der Waals surface area (Å²) in [7, 11) is 1.52. The van der Waals surface area contributed by atoms with Crippen LogP contribution in [0.5, 0.6) is 0 Å². The van der Waals surface area contributed by atoms with Crippen molar-refractivity contribution in [3.05, 3.63) is 0 Å². The average molecular weight is 294 g/mol. The van der Waals surface area contributed by atoms with Gasteiger partial charge < -0.3 is 10.2 Å². The third-order valence-electron chi connectivity index (χ3n) is 4.77. The van der Waals surface area contributed by atoms with Crippen LogP contribution in [0.1, 0.15) is 19.3 Å². The number of hydrogen-bond donors (Lipinski definition) is 1. The Labute approximate surface area is 124 Å². The highest BCUT2D eigenvalue weighted by atomic mass is 16.2. The lowest BCUT2D eigenvalue weighted by Gasteiger charge is -2.34. The molecule has 3 aliphatic rings. The summed E-state index contributed by atoms with van der Waals surface area (Å²) in [4.78, 5) is 41.6. The fourth-order valence-electron chi connectivity index (χ4n) is 3.52. The van der Waals surface area contributed by atoms with Crippen molar-refractivity contribution < 1.29 is 14.4 Å². The van der Waals surface area contributed by atoms with Crippen LogP contribution in [0, 0.1) is 0 Å². The zero-order chi connectivity index (χ0) is 15.0. The largest absolute Gasteiger partial charge is 0.339 e. The highest BCUT2D eigenvalue weighted by Gasteiger charge is 2.46. The molecule has 0 aromatic rings. The summed E-state index contributed by atoms with van der Waals surface area (Å²) in [6, 6.07) is -0.682. The maximum absolute atomic E-state index is 12.7. The molecule has 0 bridgehead atoms. The van der Waals surface area contributed by atoms with Gasteiger partial charge in [0, 0.05) is 33.2 Å². The molecule has 3 rings (SSSR count). The molecule has 0 aromatic heterocycles. The van der Waals surface area contributed by atoms with E-state index < -0.39 is 6.04 Å². The van der Waals surface area contributed by atoms with Crippen LogP contribution in [-0.2, 0) is 14.4 Å². The Morgan fingerprint density at radius 3 is 2.52 bits per heavy atom. The monoisotopic (exact) mass is 294 g/mol. The lowest BCUT2D eigenvalue weighted by atomic mass is 10.1. The Balaban J connectivity index is 1.72. The molecule has 7 nitrogen and oxygen atoms in total. The van der Waals surface area contributed by atoms with E-state index >= 15 is 0 Å². The smallest absolute Gasteiger partial charge is 0.246 e. The van der Waals surface area contributed by atoms with Gasteiger partial charge in [0.15, 0.2) is 0 Å². The van der Waals surface area contributed by atoms with Crippen molar-refractivity contribution in [2.75, 3.05) is 39.8 Å². The summed E-state index contributed by atoms with van der Waals surface area (Å²) in [5.41, 5.74) is 0. The van der Waals surface area contributed by atoms with Crippen LogP contribution >= 0.6 is 0 Å². The third kappa shape index (κ3) is 2.55. The van der Waals surface area contributed by atoms with Crippen LogP contribution in [0.2, 0.25) is 0 Å². The second kappa shape index (κ2) is 5.73. The molecule has 7 heteroatoms. The quantitative estimate of drug-likeness (QED) is 0.637. The summed E-state index contributed by atoms with van der Waals surface area (Å²) < 4.78 is 0. The van der Waals surface area contributed by atoms with Gasteiger partial charge in [-0.2, -0.15) is 0 Å². The van der Waals surface area contributed by atoms with E-state index in [1.165, 1.54) is 11.9 Å². The first-order valence-electron chi connectivity index (χ1n) is 7.65. The Kier molecular flexibility index (Phi) is 3.95. The molecule has 3 amide bonds. The van der Waals surface area contributed by atoms with Gasteiger partial charge in [-0.25, -0.2) is 0 Å². The SMILES string of the molecule is CN1C(=O)CC(N2CCCC2C(=O)N2CCNCC2)C1=O. The fourth-order valence-corrected chi connectivity index (χ4v) is 3.52. The van der Waals surface area contributed by atoms with Gasteiger partial charge in [0.2, 0.25) is 17.7 Å². The Morgan fingerprint density at radius 2 is 1.90 bits per heavy atom. The fraction of sp³-hybridized carbons (Fsp3) is 0.786. The Bertz CT molecular complexity index is 461. The molecule has 21 heavy (non-hydrogen) atoms. The van der Waals surface area contributed by atoms with E-state index in [0.29, 0.717) is 0 Å². The first kappa shape index (κ1) is 14.5. The second-order valence-electron chi connectivity index (χ2n) is 5.98. The molecular weight excluding hydrogens is 272 g/mol. The topological polar surface area (TPSA) is 73.0 Å². The number of carbonyl (C=O) groups is 3. The first-order chi connectivity index (χ1) is 10.1. The predicted molar refractivity (Wildman–Crippen MR) is 75.4 cm³/mol. The van der Waals surface area contributed by atoms with Crippen molar-refractivity contribution in [3.8, 4) is 0 Å². The van der Waals surface area contributed by atoms with Gasteiger partial charge >= 0.3 is 0 Å². The van der Waals surface area contributed by atoms with Crippen molar-refractivity contribution in [1.29, 1.82) is 0 Å². The molecule has 2 unspecified atom stereocenters. The number of likely N-dealkylation sites (N-methyl/N-ethyl adjacent to an activating group) is 1. The van der Waals surface area contributed by atoms with Crippen LogP contribution in [-0.4, -0.2) is 84.3 Å². The van der Waals surface area contributed by atoms with Gasteiger partial charge in [0.1, 0.15) is 0 Å². The van der Waals surface area contributed by atoms with Gasteiger partial charge in [-0.05, 0) is 19.4 Å². The summed E-state index contributed by atoms with van der Waals surface area (Å²) in [6.45, 7) is 3.81. The number of nitrogens with one attached hydrogen (secondary N) is 1. The summed E-state index contributed by atoms with van der Waals surface area (Å²) >= 11 is 0. The average Bonchev–Trinajstić information content (AvgIpc) is 3.08. The number of nitrogens with zero attached hydrogens (tertiary/aromatic N) is 3. The van der Waals surface area contributed by atoms with Gasteiger partial charge in [-0.3, -0.25) is 24.2 Å². The number of hydrogen-bond acceptors (Lipinski definition) is 5. The van der Waals surface area contributed by atoms with Crippen molar-refractivity contribution in [2.24, 2.45) is 0 Å². The summed E-state index contributed by atoms with van der Waals surface area (Å²) in [6.07, 6.45) is 1.90. The molecule has 3 aliphatic heterocycles. The summed E-state index contributed by atoms with van der Waals surface area (Å²) in [5, 5.41) is 3.23. The van der Waals surface area contributed by atoms with Crippen molar-refractivity contribution in [3.63, 3.8) is 0 Å². The summed E-state index contributed by atoms with van der Waals surface area (Å²) in [5.74, 6) is -0.200. The van der Waals surface area contributed by atoms with E-state index in [1.54, 1.807) is 0 Å². The second-order valence-corrected chi connectivity index (χ2v) is 5.98. The number of carbonyl (C=O) groups excluding carboxylic acids is 3. The Morgan fingerprint density at radius 1 is 1.19 bits per heavy atom. The minimum atomic E-state index is -0.443. The van der Waals surface area contributed by atoms with Crippen LogP contribution in [0.25, 0.3) is 0 Å². The standard InChI is InChI=1S/C14H22N4O3/c1-16-12(19)9-11(13(16)20)18-6-2-3-10(18)14(21)17-7-4-15-5-8-17/h10-11,15H,2-9H2,1H3. The van der Waals surface area contributed by atoms with Crippen molar-refractivity contribution in [2.45, 2.75) is 31.3 Å².